The van der Waals surface area contributed by atoms with Gasteiger partial charge in [-0.3, -0.25) is 4.79 Å². The number of hydrogen-bond donors (Lipinski definition) is 0. The molecule has 3 rings (SSSR count). The summed E-state index contributed by atoms with van der Waals surface area (Å²) < 4.78 is 8.95. The van der Waals surface area contributed by atoms with Gasteiger partial charge in [0, 0.05) is 0 Å². The van der Waals surface area contributed by atoms with E-state index < -0.39 is 0 Å². The van der Waals surface area contributed by atoms with Gasteiger partial charge in [-0.25, -0.2) is 0 Å². The molecule has 2 atom stereocenters. The molecule has 4 nitrogen and oxygen atoms in total. The van der Waals surface area contributed by atoms with Crippen molar-refractivity contribution in [3.8, 4) is 0 Å². The van der Waals surface area contributed by atoms with E-state index in [0.717, 1.165) is 23.5 Å². The molecule has 2 aromatic rings. The van der Waals surface area contributed by atoms with E-state index in [-0.39, 0.29) is 56.8 Å². The van der Waals surface area contributed by atoms with E-state index in [2.05, 4.69) is 51.0 Å². The number of ether oxygens (including phenoxy) is 2. The van der Waals surface area contributed by atoms with Crippen LogP contribution in [0.2, 0.25) is 0 Å². The van der Waals surface area contributed by atoms with E-state index in [4.69, 9.17) is 0 Å². The van der Waals surface area contributed by atoms with Crippen molar-refractivity contribution in [3.63, 3.8) is 0 Å². The first kappa shape index (κ1) is 34.0. The van der Waals surface area contributed by atoms with Gasteiger partial charge in [-0.1, -0.05) is 126 Å². The maximum Gasteiger partial charge on any atom is 1.00 e. The van der Waals surface area contributed by atoms with E-state index in [9.17, 15) is 9.59 Å². The Hall–Kier alpha value is -0.984. The molecule has 0 aromatic heterocycles. The number of hydrogen-bond acceptors (Lipinski definition) is 4. The smallest absolute Gasteiger partial charge is 0.650 e. The van der Waals surface area contributed by atoms with Gasteiger partial charge >= 0.3 is 51.4 Å². The fraction of sp³-hybridized carbons (Fsp3) is 0.467. The van der Waals surface area contributed by atoms with Gasteiger partial charge in [0.2, 0.25) is 0 Å². The summed E-state index contributed by atoms with van der Waals surface area (Å²) in [5, 5.41) is 0. The van der Waals surface area contributed by atoms with Crippen LogP contribution in [0, 0.1) is 36.5 Å². The van der Waals surface area contributed by atoms with Crippen LogP contribution in [0.4, 0.5) is 0 Å². The summed E-state index contributed by atoms with van der Waals surface area (Å²) in [5.74, 6) is 1.49. The number of carbonyl (C=O) groups excluding carboxylic acids is 2. The molecule has 0 aliphatic heterocycles. The van der Waals surface area contributed by atoms with Gasteiger partial charge in [0.1, 0.15) is 6.61 Å². The van der Waals surface area contributed by atoms with E-state index in [1.807, 2.05) is 60.7 Å². The van der Waals surface area contributed by atoms with E-state index >= 15 is 0 Å². The van der Waals surface area contributed by atoms with Gasteiger partial charge in [0.25, 0.3) is 6.47 Å². The van der Waals surface area contributed by atoms with Gasteiger partial charge in [0.15, 0.2) is 0 Å². The molecule has 1 fully saturated rings. The third-order valence-electron chi connectivity index (χ3n) is 5.74. The Labute approximate surface area is 256 Å². The minimum absolute atomic E-state index is 0. The van der Waals surface area contributed by atoms with Gasteiger partial charge in [-0.15, -0.1) is 0 Å². The second-order valence-corrected chi connectivity index (χ2v) is 10.5. The predicted molar refractivity (Wildman–Crippen MR) is 138 cm³/mol. The average molecular weight is 505 g/mol. The Kier molecular flexibility index (Phi) is 17.8. The normalized spacial score (nSPS) is 14.8. The molecular weight excluding hydrogens is 463 g/mol. The molecule has 0 radical (unpaired) electrons. The third kappa shape index (κ3) is 18.0. The third-order valence-corrected chi connectivity index (χ3v) is 5.74. The molecule has 1 saturated carbocycles. The van der Waals surface area contributed by atoms with E-state index in [1.54, 1.807) is 0 Å². The van der Waals surface area contributed by atoms with Crippen LogP contribution in [0.15, 0.2) is 60.7 Å². The van der Waals surface area contributed by atoms with Crippen molar-refractivity contribution in [3.05, 3.63) is 85.6 Å². The van der Waals surface area contributed by atoms with Crippen LogP contribution in [0.3, 0.4) is 0 Å². The SMILES string of the molecule is O=COCc1ccccc1.O=[C-]OCc1ccccc1.[CH2-]C(C[C@]([CH2-])(C)CC1CC1)C(C)(C)C.[K+]. The first-order valence-electron chi connectivity index (χ1n) is 11.9. The Balaban J connectivity index is 0.000000499. The van der Waals surface area contributed by atoms with Crippen LogP contribution >= 0.6 is 0 Å². The number of benzene rings is 2. The Morgan fingerprint density at radius 3 is 1.86 bits per heavy atom. The predicted octanol–water partition coefficient (Wildman–Crippen LogP) is 4.15. The van der Waals surface area contributed by atoms with Crippen LogP contribution < -0.4 is 51.4 Å². The van der Waals surface area contributed by atoms with Crippen molar-refractivity contribution >= 4 is 12.9 Å². The standard InChI is InChI=1S/C14H26.C8H8O2.C8H7O2.K/c1-11(13(2,3)4)9-14(5,6)10-12-7-8-12;2*9-7-10-6-8-4-2-1-3-5-8;/h11-12H,1,5,7-10H2,2-4,6H3;1-5,7H,6H2;1-5H,6H2;/q-2;;-1;+1/t11?,14-;;;/m0.../s1. The molecule has 35 heavy (non-hydrogen) atoms. The molecule has 0 N–H and O–H groups in total. The minimum Gasteiger partial charge on any atom is -0.650 e. The van der Waals surface area contributed by atoms with Crippen molar-refractivity contribution in [2.75, 3.05) is 0 Å². The van der Waals surface area contributed by atoms with Crippen molar-refractivity contribution in [1.29, 1.82) is 0 Å². The van der Waals surface area contributed by atoms with Crippen molar-refractivity contribution in [1.82, 2.24) is 0 Å². The zero-order valence-electron chi connectivity index (χ0n) is 22.3. The second kappa shape index (κ2) is 18.3. The fourth-order valence-electron chi connectivity index (χ4n) is 3.39. The largest absolute Gasteiger partial charge is 1.00 e. The topological polar surface area (TPSA) is 52.6 Å². The molecular formula is C30H41KO4-2. The second-order valence-electron chi connectivity index (χ2n) is 10.5. The monoisotopic (exact) mass is 504 g/mol. The van der Waals surface area contributed by atoms with Crippen LogP contribution in [0.1, 0.15) is 64.5 Å². The summed E-state index contributed by atoms with van der Waals surface area (Å²) in [6.07, 6.45) is 5.33. The zero-order chi connectivity index (χ0) is 25.5. The van der Waals surface area contributed by atoms with Gasteiger partial charge < -0.3 is 28.1 Å². The van der Waals surface area contributed by atoms with Crippen LogP contribution in [-0.4, -0.2) is 12.9 Å². The summed E-state index contributed by atoms with van der Waals surface area (Å²) in [6, 6.07) is 19.0. The molecule has 2 aromatic carbocycles. The summed E-state index contributed by atoms with van der Waals surface area (Å²) in [6.45, 7) is 20.3. The van der Waals surface area contributed by atoms with Crippen molar-refractivity contribution < 1.29 is 70.4 Å². The van der Waals surface area contributed by atoms with Gasteiger partial charge in [0.05, 0.1) is 6.61 Å². The van der Waals surface area contributed by atoms with Gasteiger partial charge in [-0.05, 0) is 17.0 Å². The fourth-order valence-corrected chi connectivity index (χ4v) is 3.39. The molecule has 0 amide bonds. The summed E-state index contributed by atoms with van der Waals surface area (Å²) in [4.78, 5) is 19.4. The van der Waals surface area contributed by atoms with E-state index in [1.165, 1.54) is 25.7 Å². The summed E-state index contributed by atoms with van der Waals surface area (Å²) in [5.41, 5.74) is 2.56. The maximum absolute atomic E-state index is 9.76. The van der Waals surface area contributed by atoms with Crippen LogP contribution in [-0.2, 0) is 32.3 Å². The first-order chi connectivity index (χ1) is 16.1. The van der Waals surface area contributed by atoms with Crippen molar-refractivity contribution in [2.24, 2.45) is 22.7 Å². The number of rotatable bonds is 10. The molecule has 0 saturated heterocycles. The average Bonchev–Trinajstić information content (AvgIpc) is 3.61. The molecule has 1 unspecified atom stereocenters. The summed E-state index contributed by atoms with van der Waals surface area (Å²) >= 11 is 0. The minimum atomic E-state index is 0. The zero-order valence-corrected chi connectivity index (χ0v) is 25.4. The molecule has 5 heteroatoms. The van der Waals surface area contributed by atoms with Crippen LogP contribution in [0.25, 0.3) is 0 Å². The molecule has 188 valence electrons. The van der Waals surface area contributed by atoms with Gasteiger partial charge in [-0.2, -0.15) is 11.3 Å². The molecule has 0 heterocycles. The molecule has 0 bridgehead atoms. The molecule has 1 aliphatic rings. The Morgan fingerprint density at radius 2 is 1.46 bits per heavy atom. The van der Waals surface area contributed by atoms with Crippen LogP contribution in [0.5, 0.6) is 0 Å². The maximum atomic E-state index is 9.76. The molecule has 1 aliphatic carbocycles. The quantitative estimate of drug-likeness (QED) is 0.277. The number of carbonyl (C=O) groups is 1. The molecule has 0 spiro atoms. The first-order valence-corrected chi connectivity index (χ1v) is 11.9. The van der Waals surface area contributed by atoms with E-state index in [0.29, 0.717) is 31.0 Å². The van der Waals surface area contributed by atoms with Crippen molar-refractivity contribution in [2.45, 2.75) is 66.6 Å². The Bertz CT molecular complexity index is 749. The Morgan fingerprint density at radius 1 is 0.971 bits per heavy atom. The summed E-state index contributed by atoms with van der Waals surface area (Å²) in [7, 11) is 0.